The van der Waals surface area contributed by atoms with Crippen molar-refractivity contribution < 1.29 is 4.74 Å². The molecule has 5 heteroatoms. The normalized spacial score (nSPS) is 22.5. The van der Waals surface area contributed by atoms with Crippen molar-refractivity contribution >= 4 is 23.0 Å². The molecule has 2 rings (SSSR count). The molecule has 1 aromatic carbocycles. The third-order valence-corrected chi connectivity index (χ3v) is 3.59. The molecule has 0 amide bonds. The summed E-state index contributed by atoms with van der Waals surface area (Å²) in [4.78, 5) is 0. The lowest BCUT2D eigenvalue weighted by atomic mass is 10.1. The number of hydrogen-bond donors (Lipinski definition) is 2. The molecule has 0 radical (unpaired) electrons. The zero-order chi connectivity index (χ0) is 13.9. The molecule has 1 atom stereocenters. The van der Waals surface area contributed by atoms with Crippen molar-refractivity contribution in [3.63, 3.8) is 0 Å². The molecule has 1 fully saturated rings. The van der Waals surface area contributed by atoms with Gasteiger partial charge in [-0.05, 0) is 56.2 Å². The standard InChI is InChI=1S/C14H21N3OS/c1-4-5-10-14(2)15-13(19)17(16-14)11-6-8-12(18-3)9-7-11/h6-9,16H,4-5,10H2,1-3H3,(H,15,19)/t14-/m1/s1. The van der Waals surface area contributed by atoms with Crippen LogP contribution >= 0.6 is 12.2 Å². The number of unbranched alkanes of at least 4 members (excludes halogenated alkanes) is 1. The van der Waals surface area contributed by atoms with Crippen LogP contribution in [0.1, 0.15) is 33.1 Å². The van der Waals surface area contributed by atoms with E-state index in [0.717, 1.165) is 24.3 Å². The minimum atomic E-state index is -0.160. The van der Waals surface area contributed by atoms with E-state index in [0.29, 0.717) is 5.11 Å². The van der Waals surface area contributed by atoms with E-state index in [4.69, 9.17) is 17.0 Å². The number of hydrogen-bond acceptors (Lipinski definition) is 3. The molecule has 1 aliphatic heterocycles. The average Bonchev–Trinajstić information content (AvgIpc) is 2.72. The van der Waals surface area contributed by atoms with Crippen molar-refractivity contribution in [1.82, 2.24) is 10.7 Å². The number of benzene rings is 1. The maximum Gasteiger partial charge on any atom is 0.189 e. The Hall–Kier alpha value is -1.33. The number of anilines is 1. The highest BCUT2D eigenvalue weighted by molar-refractivity contribution is 7.80. The highest BCUT2D eigenvalue weighted by Gasteiger charge is 2.35. The molecule has 1 aliphatic rings. The molecule has 19 heavy (non-hydrogen) atoms. The number of rotatable bonds is 5. The Labute approximate surface area is 120 Å². The third-order valence-electron chi connectivity index (χ3n) is 3.31. The Morgan fingerprint density at radius 1 is 1.32 bits per heavy atom. The van der Waals surface area contributed by atoms with Crippen LogP contribution in [-0.2, 0) is 0 Å². The van der Waals surface area contributed by atoms with E-state index >= 15 is 0 Å². The fourth-order valence-corrected chi connectivity index (χ4v) is 2.56. The van der Waals surface area contributed by atoms with Gasteiger partial charge >= 0.3 is 0 Å². The second-order valence-electron chi connectivity index (χ2n) is 5.01. The van der Waals surface area contributed by atoms with Crippen LogP contribution in [0.4, 0.5) is 5.69 Å². The minimum absolute atomic E-state index is 0.160. The lowest BCUT2D eigenvalue weighted by Crippen LogP contribution is -2.48. The second-order valence-corrected chi connectivity index (χ2v) is 5.40. The van der Waals surface area contributed by atoms with Crippen molar-refractivity contribution in [2.45, 2.75) is 38.8 Å². The Bertz CT molecular complexity index is 449. The lowest BCUT2D eigenvalue weighted by molar-refractivity contribution is 0.337. The second kappa shape index (κ2) is 5.75. The fourth-order valence-electron chi connectivity index (χ4n) is 2.18. The predicted molar refractivity (Wildman–Crippen MR) is 82.3 cm³/mol. The first kappa shape index (κ1) is 14.1. The van der Waals surface area contributed by atoms with Crippen molar-refractivity contribution in [3.05, 3.63) is 24.3 Å². The highest BCUT2D eigenvalue weighted by Crippen LogP contribution is 2.24. The topological polar surface area (TPSA) is 36.5 Å². The SMILES string of the molecule is CCCC[C@]1(C)NC(=S)N(c2ccc(OC)cc2)N1. The van der Waals surface area contributed by atoms with Gasteiger partial charge in [0.15, 0.2) is 5.11 Å². The highest BCUT2D eigenvalue weighted by atomic mass is 32.1. The molecule has 0 unspecified atom stereocenters. The van der Waals surface area contributed by atoms with Crippen LogP contribution in [0.3, 0.4) is 0 Å². The number of hydrazine groups is 1. The van der Waals surface area contributed by atoms with Crippen LogP contribution < -0.4 is 20.5 Å². The summed E-state index contributed by atoms with van der Waals surface area (Å²) < 4.78 is 5.17. The molecule has 1 aromatic rings. The molecule has 1 saturated heterocycles. The van der Waals surface area contributed by atoms with Gasteiger partial charge in [-0.3, -0.25) is 5.01 Å². The van der Waals surface area contributed by atoms with Crippen molar-refractivity contribution in [2.24, 2.45) is 0 Å². The summed E-state index contributed by atoms with van der Waals surface area (Å²) in [5.74, 6) is 0.843. The quantitative estimate of drug-likeness (QED) is 0.811. The molecule has 104 valence electrons. The average molecular weight is 279 g/mol. The van der Waals surface area contributed by atoms with Crippen LogP contribution in [0.15, 0.2) is 24.3 Å². The summed E-state index contributed by atoms with van der Waals surface area (Å²) in [6.07, 6.45) is 3.38. The van der Waals surface area contributed by atoms with Gasteiger partial charge in [0.1, 0.15) is 11.4 Å². The van der Waals surface area contributed by atoms with Crippen LogP contribution in [0.25, 0.3) is 0 Å². The summed E-state index contributed by atoms with van der Waals surface area (Å²) in [6, 6.07) is 7.85. The fraction of sp³-hybridized carbons (Fsp3) is 0.500. The molecule has 0 bridgehead atoms. The van der Waals surface area contributed by atoms with Gasteiger partial charge in [0.05, 0.1) is 12.8 Å². The van der Waals surface area contributed by atoms with E-state index in [-0.39, 0.29) is 5.66 Å². The van der Waals surface area contributed by atoms with Crippen LogP contribution in [0.2, 0.25) is 0 Å². The third kappa shape index (κ3) is 3.16. The first-order valence-electron chi connectivity index (χ1n) is 6.62. The maximum atomic E-state index is 5.40. The summed E-state index contributed by atoms with van der Waals surface area (Å²) in [5.41, 5.74) is 4.30. The Kier molecular flexibility index (Phi) is 4.27. The molecular formula is C14H21N3OS. The summed E-state index contributed by atoms with van der Waals surface area (Å²) in [5, 5.41) is 5.99. The molecule has 0 spiro atoms. The van der Waals surface area contributed by atoms with E-state index in [1.165, 1.54) is 6.42 Å². The van der Waals surface area contributed by atoms with Crippen molar-refractivity contribution in [1.29, 1.82) is 0 Å². The molecule has 4 nitrogen and oxygen atoms in total. The molecule has 0 saturated carbocycles. The maximum absolute atomic E-state index is 5.40. The van der Waals surface area contributed by atoms with Gasteiger partial charge in [0.2, 0.25) is 0 Å². The lowest BCUT2D eigenvalue weighted by Gasteiger charge is -2.25. The van der Waals surface area contributed by atoms with Crippen molar-refractivity contribution in [2.75, 3.05) is 12.1 Å². The number of methoxy groups -OCH3 is 1. The Morgan fingerprint density at radius 3 is 2.58 bits per heavy atom. The van der Waals surface area contributed by atoms with Gasteiger partial charge in [-0.2, -0.15) is 0 Å². The predicted octanol–water partition coefficient (Wildman–Crippen LogP) is 2.80. The van der Waals surface area contributed by atoms with Gasteiger partial charge in [0.25, 0.3) is 0 Å². The van der Waals surface area contributed by atoms with Gasteiger partial charge in [-0.15, -0.1) is 0 Å². The van der Waals surface area contributed by atoms with Crippen LogP contribution in [0, 0.1) is 0 Å². The van der Waals surface area contributed by atoms with E-state index < -0.39 is 0 Å². The van der Waals surface area contributed by atoms with E-state index in [1.807, 2.05) is 29.3 Å². The first-order chi connectivity index (χ1) is 9.08. The minimum Gasteiger partial charge on any atom is -0.497 e. The van der Waals surface area contributed by atoms with Gasteiger partial charge < -0.3 is 10.1 Å². The van der Waals surface area contributed by atoms with E-state index in [2.05, 4.69) is 24.6 Å². The Morgan fingerprint density at radius 2 is 2.00 bits per heavy atom. The monoisotopic (exact) mass is 279 g/mol. The van der Waals surface area contributed by atoms with E-state index in [1.54, 1.807) is 7.11 Å². The summed E-state index contributed by atoms with van der Waals surface area (Å²) in [7, 11) is 1.66. The number of thiocarbonyl (C=S) groups is 1. The molecule has 2 N–H and O–H groups in total. The number of nitrogens with zero attached hydrogens (tertiary/aromatic N) is 1. The summed E-state index contributed by atoms with van der Waals surface area (Å²) in [6.45, 7) is 4.33. The van der Waals surface area contributed by atoms with Crippen LogP contribution in [0.5, 0.6) is 5.75 Å². The van der Waals surface area contributed by atoms with Gasteiger partial charge in [-0.25, -0.2) is 5.43 Å². The Balaban J connectivity index is 2.10. The van der Waals surface area contributed by atoms with Crippen LogP contribution in [-0.4, -0.2) is 17.9 Å². The molecular weight excluding hydrogens is 258 g/mol. The summed E-state index contributed by atoms with van der Waals surface area (Å²) >= 11 is 5.40. The molecule has 0 aliphatic carbocycles. The number of nitrogens with one attached hydrogen (secondary N) is 2. The smallest absolute Gasteiger partial charge is 0.189 e. The molecule has 1 heterocycles. The van der Waals surface area contributed by atoms with Gasteiger partial charge in [-0.1, -0.05) is 13.3 Å². The zero-order valence-corrected chi connectivity index (χ0v) is 12.5. The van der Waals surface area contributed by atoms with Gasteiger partial charge in [0, 0.05) is 0 Å². The van der Waals surface area contributed by atoms with Crippen molar-refractivity contribution in [3.8, 4) is 5.75 Å². The number of ether oxygens (including phenoxy) is 1. The first-order valence-corrected chi connectivity index (χ1v) is 7.03. The zero-order valence-electron chi connectivity index (χ0n) is 11.7. The molecule has 0 aromatic heterocycles. The largest absolute Gasteiger partial charge is 0.497 e. The van der Waals surface area contributed by atoms with E-state index in [9.17, 15) is 0 Å².